The fourth-order valence-corrected chi connectivity index (χ4v) is 3.18. The van der Waals surface area contributed by atoms with Crippen molar-refractivity contribution in [3.8, 4) is 5.75 Å². The Hall–Kier alpha value is -2.06. The average molecular weight is 353 g/mol. The van der Waals surface area contributed by atoms with Crippen molar-refractivity contribution >= 4 is 32.8 Å². The van der Waals surface area contributed by atoms with E-state index in [1.165, 1.54) is 16.3 Å². The van der Waals surface area contributed by atoms with Gasteiger partial charge < -0.3 is 4.74 Å². The summed E-state index contributed by atoms with van der Waals surface area (Å²) < 4.78 is 6.96. The minimum Gasteiger partial charge on any atom is -0.488 e. The lowest BCUT2D eigenvalue weighted by Gasteiger charge is -2.12. The first kappa shape index (κ1) is 14.9. The van der Waals surface area contributed by atoms with Crippen LogP contribution in [0.3, 0.4) is 0 Å². The Kier molecular flexibility index (Phi) is 4.59. The third kappa shape index (κ3) is 3.23. The van der Waals surface area contributed by atoms with Crippen LogP contribution in [0.5, 0.6) is 5.75 Å². The van der Waals surface area contributed by atoms with E-state index in [-0.39, 0.29) is 0 Å². The van der Waals surface area contributed by atoms with E-state index < -0.39 is 0 Å². The zero-order valence-corrected chi connectivity index (χ0v) is 14.0. The molecule has 3 rings (SSSR count). The summed E-state index contributed by atoms with van der Waals surface area (Å²) in [5, 5.41) is 2.45. The quantitative estimate of drug-likeness (QED) is 0.559. The van der Waals surface area contributed by atoms with E-state index in [0.29, 0.717) is 6.61 Å². The Morgan fingerprint density at radius 3 is 2.55 bits per heavy atom. The number of fused-ring (bicyclic) bond motifs is 1. The fraction of sp³-hybridized carbons (Fsp3) is 0.100. The van der Waals surface area contributed by atoms with Crippen molar-refractivity contribution in [1.82, 2.24) is 0 Å². The van der Waals surface area contributed by atoms with Crippen molar-refractivity contribution in [2.75, 3.05) is 6.61 Å². The molecule has 110 valence electrons. The van der Waals surface area contributed by atoms with E-state index in [1.54, 1.807) is 0 Å². The van der Waals surface area contributed by atoms with E-state index in [9.17, 15) is 0 Å². The molecule has 0 bridgehead atoms. The zero-order valence-electron chi connectivity index (χ0n) is 12.4. The van der Waals surface area contributed by atoms with Crippen LogP contribution in [0, 0.1) is 6.92 Å². The maximum atomic E-state index is 5.96. The first-order valence-corrected chi connectivity index (χ1v) is 8.07. The van der Waals surface area contributed by atoms with Crippen LogP contribution in [0.2, 0.25) is 0 Å². The van der Waals surface area contributed by atoms with Crippen molar-refractivity contribution in [3.63, 3.8) is 0 Å². The van der Waals surface area contributed by atoms with Gasteiger partial charge in [0.15, 0.2) is 0 Å². The Morgan fingerprint density at radius 1 is 1.00 bits per heavy atom. The van der Waals surface area contributed by atoms with Gasteiger partial charge in [-0.25, -0.2) is 0 Å². The standard InChI is InChI=1S/C20H17BrO/c1-15-18-12-6-5-11-17(18)14-19(21)20(15)22-13-7-10-16-8-3-2-4-9-16/h2-12,14H,13H2,1H3/b10-7+. The summed E-state index contributed by atoms with van der Waals surface area (Å²) in [7, 11) is 0. The number of benzene rings is 3. The Balaban J connectivity index is 1.78. The Labute approximate surface area is 139 Å². The molecule has 0 aliphatic rings. The van der Waals surface area contributed by atoms with Crippen molar-refractivity contribution < 1.29 is 4.74 Å². The summed E-state index contributed by atoms with van der Waals surface area (Å²) in [5.41, 5.74) is 2.35. The van der Waals surface area contributed by atoms with Crippen molar-refractivity contribution in [3.05, 3.63) is 82.3 Å². The zero-order chi connectivity index (χ0) is 15.4. The first-order chi connectivity index (χ1) is 10.8. The summed E-state index contributed by atoms with van der Waals surface area (Å²) in [6.45, 7) is 2.65. The monoisotopic (exact) mass is 352 g/mol. The lowest BCUT2D eigenvalue weighted by Crippen LogP contribution is -1.97. The summed E-state index contributed by atoms with van der Waals surface area (Å²) in [5.74, 6) is 0.913. The molecule has 1 nitrogen and oxygen atoms in total. The van der Waals surface area contributed by atoms with Gasteiger partial charge in [0.2, 0.25) is 0 Å². The second kappa shape index (κ2) is 6.80. The van der Waals surface area contributed by atoms with Crippen LogP contribution < -0.4 is 4.74 Å². The van der Waals surface area contributed by atoms with Gasteiger partial charge >= 0.3 is 0 Å². The molecule has 0 fully saturated rings. The lowest BCUT2D eigenvalue weighted by molar-refractivity contribution is 0.359. The van der Waals surface area contributed by atoms with Gasteiger partial charge in [0.25, 0.3) is 0 Å². The molecule has 0 aromatic heterocycles. The number of rotatable bonds is 4. The van der Waals surface area contributed by atoms with Gasteiger partial charge in [-0.3, -0.25) is 0 Å². The molecule has 0 radical (unpaired) electrons. The fourth-order valence-electron chi connectivity index (χ4n) is 2.52. The molecule has 0 atom stereocenters. The number of halogens is 1. The third-order valence-corrected chi connectivity index (χ3v) is 4.23. The molecule has 3 aromatic rings. The normalized spacial score (nSPS) is 11.2. The van der Waals surface area contributed by atoms with Crippen LogP contribution in [-0.2, 0) is 0 Å². The van der Waals surface area contributed by atoms with E-state index in [4.69, 9.17) is 4.74 Å². The maximum Gasteiger partial charge on any atom is 0.137 e. The van der Waals surface area contributed by atoms with E-state index in [0.717, 1.165) is 15.8 Å². The highest BCUT2D eigenvalue weighted by Gasteiger charge is 2.09. The van der Waals surface area contributed by atoms with Crippen LogP contribution >= 0.6 is 15.9 Å². The van der Waals surface area contributed by atoms with Gasteiger partial charge in [0.1, 0.15) is 12.4 Å². The molecule has 22 heavy (non-hydrogen) atoms. The topological polar surface area (TPSA) is 9.23 Å². The third-order valence-electron chi connectivity index (χ3n) is 3.64. The van der Waals surface area contributed by atoms with E-state index in [1.807, 2.05) is 24.3 Å². The molecule has 0 N–H and O–H groups in total. The molecule has 0 aliphatic carbocycles. The minimum absolute atomic E-state index is 0.548. The van der Waals surface area contributed by atoms with Crippen molar-refractivity contribution in [2.24, 2.45) is 0 Å². The molecule has 0 amide bonds. The second-order valence-corrected chi connectivity index (χ2v) is 6.01. The number of ether oxygens (including phenoxy) is 1. The Morgan fingerprint density at radius 2 is 1.73 bits per heavy atom. The molecular weight excluding hydrogens is 336 g/mol. The molecule has 3 aromatic carbocycles. The van der Waals surface area contributed by atoms with Crippen LogP contribution in [0.4, 0.5) is 0 Å². The van der Waals surface area contributed by atoms with E-state index in [2.05, 4.69) is 71.4 Å². The Bertz CT molecular complexity index is 807. The molecule has 0 saturated carbocycles. The molecule has 0 saturated heterocycles. The summed E-state index contributed by atoms with van der Waals surface area (Å²) in [6, 6.07) is 20.7. The van der Waals surface area contributed by atoms with Crippen LogP contribution in [0.15, 0.2) is 71.2 Å². The van der Waals surface area contributed by atoms with Gasteiger partial charge in [-0.1, -0.05) is 60.7 Å². The highest BCUT2D eigenvalue weighted by Crippen LogP contribution is 2.35. The van der Waals surface area contributed by atoms with Crippen molar-refractivity contribution in [2.45, 2.75) is 6.92 Å². The van der Waals surface area contributed by atoms with Gasteiger partial charge in [-0.15, -0.1) is 0 Å². The van der Waals surface area contributed by atoms with Crippen LogP contribution in [0.25, 0.3) is 16.8 Å². The number of hydrogen-bond acceptors (Lipinski definition) is 1. The lowest BCUT2D eigenvalue weighted by atomic mass is 10.0. The smallest absolute Gasteiger partial charge is 0.137 e. The summed E-state index contributed by atoms with van der Waals surface area (Å²) in [6.07, 6.45) is 4.11. The predicted molar refractivity (Wildman–Crippen MR) is 97.4 cm³/mol. The predicted octanol–water partition coefficient (Wildman–Crippen LogP) is 6.00. The highest BCUT2D eigenvalue weighted by molar-refractivity contribution is 9.10. The van der Waals surface area contributed by atoms with Crippen LogP contribution in [-0.4, -0.2) is 6.61 Å². The average Bonchev–Trinajstić information content (AvgIpc) is 2.55. The van der Waals surface area contributed by atoms with E-state index >= 15 is 0 Å². The molecular formula is C20H17BrO. The van der Waals surface area contributed by atoms with Crippen molar-refractivity contribution in [1.29, 1.82) is 0 Å². The first-order valence-electron chi connectivity index (χ1n) is 7.28. The summed E-state index contributed by atoms with van der Waals surface area (Å²) in [4.78, 5) is 0. The molecule has 0 spiro atoms. The molecule has 0 aliphatic heterocycles. The largest absolute Gasteiger partial charge is 0.488 e. The van der Waals surface area contributed by atoms with Gasteiger partial charge in [-0.05, 0) is 51.3 Å². The number of aryl methyl sites for hydroxylation is 1. The minimum atomic E-state index is 0.548. The van der Waals surface area contributed by atoms with Gasteiger partial charge in [0, 0.05) is 5.56 Å². The summed E-state index contributed by atoms with van der Waals surface area (Å²) >= 11 is 3.62. The van der Waals surface area contributed by atoms with Crippen LogP contribution in [0.1, 0.15) is 11.1 Å². The maximum absolute atomic E-state index is 5.96. The second-order valence-electron chi connectivity index (χ2n) is 5.16. The van der Waals surface area contributed by atoms with Gasteiger partial charge in [0.05, 0.1) is 4.47 Å². The number of hydrogen-bond donors (Lipinski definition) is 0. The molecule has 0 unspecified atom stereocenters. The molecule has 0 heterocycles. The highest BCUT2D eigenvalue weighted by atomic mass is 79.9. The molecule has 2 heteroatoms. The van der Waals surface area contributed by atoms with Gasteiger partial charge in [-0.2, -0.15) is 0 Å². The SMILES string of the molecule is Cc1c(OC/C=C/c2ccccc2)c(Br)cc2ccccc12.